The lowest BCUT2D eigenvalue weighted by molar-refractivity contribution is 0.0151. The van der Waals surface area contributed by atoms with E-state index in [0.717, 1.165) is 0 Å². The summed E-state index contributed by atoms with van der Waals surface area (Å²) in [5.74, 6) is 0.437. The molecule has 116 valence electrons. The average molecular weight is 328 g/mol. The number of thioether (sulfide) groups is 1. The van der Waals surface area contributed by atoms with Crippen molar-refractivity contribution in [1.29, 1.82) is 10.5 Å². The maximum absolute atomic E-state index is 13.3. The summed E-state index contributed by atoms with van der Waals surface area (Å²) >= 11 is 1.41. The van der Waals surface area contributed by atoms with E-state index in [1.165, 1.54) is 23.9 Å². The molecule has 1 saturated heterocycles. The van der Waals surface area contributed by atoms with Gasteiger partial charge in [0.1, 0.15) is 11.7 Å². The van der Waals surface area contributed by atoms with Crippen molar-refractivity contribution in [3.63, 3.8) is 0 Å². The second-order valence-corrected chi connectivity index (χ2v) is 7.38. The van der Waals surface area contributed by atoms with Gasteiger partial charge in [-0.2, -0.15) is 10.5 Å². The number of nitrogens with zero attached hydrogens (tertiary/aromatic N) is 3. The summed E-state index contributed by atoms with van der Waals surface area (Å²) in [7, 11) is 0. The Kier molecular flexibility index (Phi) is 2.56. The second kappa shape index (κ2) is 4.05. The number of aliphatic imine (C=N–C) groups is 1. The molecule has 2 aliphatic heterocycles. The molecular weight excluding hydrogens is 315 g/mol. The molecule has 0 unspecified atom stereocenters. The Morgan fingerprint density at radius 3 is 2.52 bits per heavy atom. The summed E-state index contributed by atoms with van der Waals surface area (Å²) in [5.41, 5.74) is 3.44. The van der Waals surface area contributed by atoms with Crippen LogP contribution < -0.4 is 5.73 Å². The molecule has 1 aromatic carbocycles. The molecule has 2 fully saturated rings. The quantitative estimate of drug-likeness (QED) is 0.849. The average Bonchev–Trinajstić information content (AvgIpc) is 2.83. The first-order valence-corrected chi connectivity index (χ1v) is 8.16. The first kappa shape index (κ1) is 14.5. The van der Waals surface area contributed by atoms with E-state index < -0.39 is 21.3 Å². The normalized spacial score (nSPS) is 43.6. The van der Waals surface area contributed by atoms with Crippen LogP contribution in [-0.4, -0.2) is 23.3 Å². The number of rotatable bonds is 1. The topological polar surface area (TPSA) is 95.2 Å². The molecule has 1 saturated carbocycles. The van der Waals surface area contributed by atoms with Gasteiger partial charge in [-0.25, -0.2) is 9.38 Å². The maximum atomic E-state index is 13.3. The molecular formula is C16H13FN4OS. The largest absolute Gasteiger partial charge is 0.386 e. The number of fused-ring (bicyclic) bond motifs is 2. The molecule has 4 rings (SSSR count). The zero-order chi connectivity index (χ0) is 16.5. The molecule has 7 heteroatoms. The molecule has 0 aromatic heterocycles. The molecule has 4 atom stereocenters. The predicted molar refractivity (Wildman–Crippen MR) is 82.6 cm³/mol. The van der Waals surface area contributed by atoms with Gasteiger partial charge in [0, 0.05) is 11.2 Å². The first-order chi connectivity index (χ1) is 11.0. The van der Waals surface area contributed by atoms with Crippen LogP contribution in [0.3, 0.4) is 0 Å². The highest BCUT2D eigenvalue weighted by atomic mass is 32.2. The van der Waals surface area contributed by atoms with Crippen molar-refractivity contribution < 1.29 is 9.13 Å². The van der Waals surface area contributed by atoms with Gasteiger partial charge in [0.15, 0.2) is 10.8 Å². The van der Waals surface area contributed by atoms with E-state index in [0.29, 0.717) is 17.9 Å². The summed E-state index contributed by atoms with van der Waals surface area (Å²) in [6, 6.07) is 10.4. The van der Waals surface area contributed by atoms with Crippen molar-refractivity contribution in [2.24, 2.45) is 21.6 Å². The van der Waals surface area contributed by atoms with Crippen LogP contribution >= 0.6 is 11.8 Å². The van der Waals surface area contributed by atoms with Crippen molar-refractivity contribution in [2.75, 3.05) is 12.4 Å². The van der Waals surface area contributed by atoms with Crippen LogP contribution in [-0.2, 0) is 10.2 Å². The summed E-state index contributed by atoms with van der Waals surface area (Å²) in [6.45, 7) is 2.27. The van der Waals surface area contributed by atoms with Crippen LogP contribution in [0.5, 0.6) is 0 Å². The van der Waals surface area contributed by atoms with Crippen LogP contribution in [0.4, 0.5) is 4.39 Å². The monoisotopic (exact) mass is 328 g/mol. The molecule has 2 N–H and O–H groups in total. The summed E-state index contributed by atoms with van der Waals surface area (Å²) < 4.78 is 19.1. The number of halogens is 1. The SMILES string of the molecule is C[C@@]1(c2ccc(F)cc2)[C@]2(C#N)C(N)=N[C@@]3(OCCS3)[C@@]21C#N. The Labute approximate surface area is 136 Å². The zero-order valence-electron chi connectivity index (χ0n) is 12.3. The Hall–Kier alpha value is -2.09. The van der Waals surface area contributed by atoms with Crippen molar-refractivity contribution >= 4 is 17.6 Å². The minimum atomic E-state index is -1.26. The van der Waals surface area contributed by atoms with Gasteiger partial charge in [0.2, 0.25) is 5.06 Å². The van der Waals surface area contributed by atoms with Crippen molar-refractivity contribution in [1.82, 2.24) is 0 Å². The molecule has 1 aromatic rings. The number of hydrogen-bond acceptors (Lipinski definition) is 6. The highest BCUT2D eigenvalue weighted by molar-refractivity contribution is 8.00. The third-order valence-corrected chi connectivity index (χ3v) is 6.84. The number of benzene rings is 1. The lowest BCUT2D eigenvalue weighted by Gasteiger charge is -2.29. The standard InChI is InChI=1S/C16H13FN4OS/c1-13(10-2-4-11(17)5-3-10)14(8-18)12(20)21-16(15(13,14)9-19)22-6-7-23-16/h2-5H,6-7H2,1H3,(H2,20,21)/t13-,14+,15-,16-/m1/s1. The van der Waals surface area contributed by atoms with Crippen molar-refractivity contribution in [3.05, 3.63) is 35.6 Å². The number of ether oxygens (including phenoxy) is 1. The van der Waals surface area contributed by atoms with E-state index in [4.69, 9.17) is 10.5 Å². The van der Waals surface area contributed by atoms with Gasteiger partial charge >= 0.3 is 0 Å². The Balaban J connectivity index is 2.00. The fourth-order valence-electron chi connectivity index (χ4n) is 4.46. The minimum absolute atomic E-state index is 0.128. The molecule has 23 heavy (non-hydrogen) atoms. The van der Waals surface area contributed by atoms with Gasteiger partial charge in [-0.1, -0.05) is 30.8 Å². The highest BCUT2D eigenvalue weighted by Gasteiger charge is 2.99. The summed E-state index contributed by atoms with van der Waals surface area (Å²) in [5, 5.41) is 18.8. The zero-order valence-corrected chi connectivity index (χ0v) is 13.2. The van der Waals surface area contributed by atoms with E-state index in [9.17, 15) is 14.9 Å². The Morgan fingerprint density at radius 2 is 2.00 bits per heavy atom. The maximum Gasteiger partial charge on any atom is 0.231 e. The lowest BCUT2D eigenvalue weighted by atomic mass is 9.85. The van der Waals surface area contributed by atoms with E-state index in [2.05, 4.69) is 17.1 Å². The van der Waals surface area contributed by atoms with Gasteiger partial charge in [0.05, 0.1) is 18.7 Å². The predicted octanol–water partition coefficient (Wildman–Crippen LogP) is 1.90. The third-order valence-electron chi connectivity index (χ3n) is 5.56. The van der Waals surface area contributed by atoms with E-state index >= 15 is 0 Å². The molecule has 0 amide bonds. The van der Waals surface area contributed by atoms with Crippen LogP contribution in [0, 0.1) is 39.3 Å². The lowest BCUT2D eigenvalue weighted by Crippen LogP contribution is -2.38. The van der Waals surface area contributed by atoms with Crippen LogP contribution in [0.2, 0.25) is 0 Å². The fourth-order valence-corrected chi connectivity index (χ4v) is 5.86. The van der Waals surface area contributed by atoms with Gasteiger partial charge in [-0.15, -0.1) is 0 Å². The number of nitriles is 2. The third kappa shape index (κ3) is 1.17. The molecule has 0 radical (unpaired) electrons. The van der Waals surface area contributed by atoms with Crippen LogP contribution in [0.1, 0.15) is 12.5 Å². The number of amidine groups is 1. The van der Waals surface area contributed by atoms with Gasteiger partial charge in [-0.05, 0) is 17.7 Å². The van der Waals surface area contributed by atoms with Crippen molar-refractivity contribution in [3.8, 4) is 12.1 Å². The Morgan fingerprint density at radius 1 is 1.30 bits per heavy atom. The minimum Gasteiger partial charge on any atom is -0.386 e. The molecule has 2 heterocycles. The molecule has 0 bridgehead atoms. The molecule has 1 aliphatic carbocycles. The highest BCUT2D eigenvalue weighted by Crippen LogP contribution is 2.87. The van der Waals surface area contributed by atoms with Crippen molar-refractivity contribution in [2.45, 2.75) is 17.4 Å². The fraction of sp³-hybridized carbons (Fsp3) is 0.438. The number of nitrogens with two attached hydrogens (primary N) is 1. The number of hydrogen-bond donors (Lipinski definition) is 1. The van der Waals surface area contributed by atoms with Gasteiger partial charge in [0.25, 0.3) is 0 Å². The first-order valence-electron chi connectivity index (χ1n) is 7.18. The van der Waals surface area contributed by atoms with Gasteiger partial charge in [-0.3, -0.25) is 0 Å². The summed E-state index contributed by atoms with van der Waals surface area (Å²) in [4.78, 5) is 4.39. The van der Waals surface area contributed by atoms with Crippen LogP contribution in [0.15, 0.2) is 29.3 Å². The molecule has 1 spiro atoms. The van der Waals surface area contributed by atoms with E-state index in [1.807, 2.05) is 6.92 Å². The van der Waals surface area contributed by atoms with E-state index in [1.54, 1.807) is 12.1 Å². The second-order valence-electron chi connectivity index (χ2n) is 6.13. The van der Waals surface area contributed by atoms with Crippen LogP contribution in [0.25, 0.3) is 0 Å². The van der Waals surface area contributed by atoms with Gasteiger partial charge < -0.3 is 10.5 Å². The van der Waals surface area contributed by atoms with E-state index in [-0.39, 0.29) is 11.7 Å². The Bertz CT molecular complexity index is 820. The smallest absolute Gasteiger partial charge is 0.231 e. The molecule has 3 aliphatic rings. The summed E-state index contributed by atoms with van der Waals surface area (Å²) in [6.07, 6.45) is 0. The molecule has 5 nitrogen and oxygen atoms in total.